The Labute approximate surface area is 127 Å². The average molecular weight is 284 g/mol. The molecule has 112 valence electrons. The van der Waals surface area contributed by atoms with Gasteiger partial charge in [0.05, 0.1) is 0 Å². The number of likely N-dealkylation sites (N-methyl/N-ethyl adjacent to an activating group) is 1. The summed E-state index contributed by atoms with van der Waals surface area (Å²) in [5.41, 5.74) is 1.35. The molecule has 0 bridgehead atoms. The highest BCUT2D eigenvalue weighted by atomic mass is 15.2. The Morgan fingerprint density at radius 2 is 1.86 bits per heavy atom. The first-order chi connectivity index (χ1) is 10.2. The SMILES string of the molecule is CCCc1nc(NC)cc(N(C)CCc2ccccc2)n1. The number of anilines is 2. The first-order valence-corrected chi connectivity index (χ1v) is 7.53. The van der Waals surface area contributed by atoms with Crippen LogP contribution in [-0.4, -0.2) is 30.6 Å². The summed E-state index contributed by atoms with van der Waals surface area (Å²) >= 11 is 0. The molecule has 1 heterocycles. The molecule has 0 spiro atoms. The lowest BCUT2D eigenvalue weighted by Crippen LogP contribution is -2.22. The first kappa shape index (κ1) is 15.3. The van der Waals surface area contributed by atoms with Crippen molar-refractivity contribution in [3.05, 3.63) is 47.8 Å². The highest BCUT2D eigenvalue weighted by Crippen LogP contribution is 2.16. The third kappa shape index (κ3) is 4.45. The molecular weight excluding hydrogens is 260 g/mol. The van der Waals surface area contributed by atoms with Gasteiger partial charge in [0.2, 0.25) is 0 Å². The fourth-order valence-corrected chi connectivity index (χ4v) is 2.20. The molecule has 0 saturated carbocycles. The van der Waals surface area contributed by atoms with Crippen molar-refractivity contribution in [2.24, 2.45) is 0 Å². The van der Waals surface area contributed by atoms with E-state index in [1.54, 1.807) is 0 Å². The van der Waals surface area contributed by atoms with Crippen LogP contribution in [0.25, 0.3) is 0 Å². The summed E-state index contributed by atoms with van der Waals surface area (Å²) in [6, 6.07) is 12.5. The van der Waals surface area contributed by atoms with Crippen molar-refractivity contribution in [1.29, 1.82) is 0 Å². The van der Waals surface area contributed by atoms with Crippen LogP contribution in [-0.2, 0) is 12.8 Å². The van der Waals surface area contributed by atoms with Gasteiger partial charge < -0.3 is 10.2 Å². The number of rotatable bonds is 7. The van der Waals surface area contributed by atoms with E-state index in [1.165, 1.54) is 5.56 Å². The summed E-state index contributed by atoms with van der Waals surface area (Å²) in [6.45, 7) is 3.09. The Morgan fingerprint density at radius 3 is 2.52 bits per heavy atom. The van der Waals surface area contributed by atoms with Crippen LogP contribution in [0.1, 0.15) is 24.7 Å². The highest BCUT2D eigenvalue weighted by Gasteiger charge is 2.08. The van der Waals surface area contributed by atoms with Gasteiger partial charge in [-0.3, -0.25) is 0 Å². The zero-order valence-electron chi connectivity index (χ0n) is 13.1. The molecule has 0 saturated heterocycles. The Kier molecular flexibility index (Phi) is 5.55. The minimum Gasteiger partial charge on any atom is -0.373 e. The average Bonchev–Trinajstić information content (AvgIpc) is 2.53. The Morgan fingerprint density at radius 1 is 1.10 bits per heavy atom. The molecule has 2 aromatic rings. The number of nitrogens with zero attached hydrogens (tertiary/aromatic N) is 3. The summed E-state index contributed by atoms with van der Waals surface area (Å²) in [5.74, 6) is 2.77. The van der Waals surface area contributed by atoms with Gasteiger partial charge in [-0.05, 0) is 18.4 Å². The molecule has 4 nitrogen and oxygen atoms in total. The summed E-state index contributed by atoms with van der Waals surface area (Å²) in [7, 11) is 3.98. The van der Waals surface area contributed by atoms with Crippen molar-refractivity contribution >= 4 is 11.6 Å². The van der Waals surface area contributed by atoms with Crippen LogP contribution in [0.4, 0.5) is 11.6 Å². The molecular formula is C17H24N4. The van der Waals surface area contributed by atoms with Crippen LogP contribution >= 0.6 is 0 Å². The predicted octanol–water partition coefficient (Wildman–Crippen LogP) is 3.15. The number of hydrogen-bond acceptors (Lipinski definition) is 4. The Balaban J connectivity index is 2.07. The van der Waals surface area contributed by atoms with E-state index in [1.807, 2.05) is 19.2 Å². The van der Waals surface area contributed by atoms with Crippen LogP contribution in [0.5, 0.6) is 0 Å². The molecule has 1 N–H and O–H groups in total. The number of aryl methyl sites for hydroxylation is 1. The molecule has 0 fully saturated rings. The second-order valence-corrected chi connectivity index (χ2v) is 5.18. The molecule has 1 aromatic heterocycles. The number of benzene rings is 1. The van der Waals surface area contributed by atoms with E-state index in [0.717, 1.165) is 43.3 Å². The predicted molar refractivity (Wildman–Crippen MR) is 89.0 cm³/mol. The van der Waals surface area contributed by atoms with Gasteiger partial charge in [-0.25, -0.2) is 9.97 Å². The molecule has 0 unspecified atom stereocenters. The van der Waals surface area contributed by atoms with Crippen molar-refractivity contribution in [2.75, 3.05) is 30.9 Å². The quantitative estimate of drug-likeness (QED) is 0.848. The largest absolute Gasteiger partial charge is 0.373 e. The number of aromatic nitrogens is 2. The standard InChI is InChI=1S/C17H24N4/c1-4-8-15-19-16(18-2)13-17(20-15)21(3)12-11-14-9-6-5-7-10-14/h5-7,9-10,13H,4,8,11-12H2,1-3H3,(H,18,19,20). The van der Waals surface area contributed by atoms with Gasteiger partial charge in [-0.1, -0.05) is 37.3 Å². The van der Waals surface area contributed by atoms with Crippen LogP contribution in [0, 0.1) is 0 Å². The normalized spacial score (nSPS) is 10.4. The van der Waals surface area contributed by atoms with E-state index in [4.69, 9.17) is 0 Å². The minimum absolute atomic E-state index is 0.884. The molecule has 0 amide bonds. The van der Waals surface area contributed by atoms with Crippen LogP contribution in [0.15, 0.2) is 36.4 Å². The summed E-state index contributed by atoms with van der Waals surface area (Å²) in [5, 5.41) is 3.12. The third-order valence-electron chi connectivity index (χ3n) is 3.46. The molecule has 0 aliphatic rings. The Bertz CT molecular complexity index is 554. The first-order valence-electron chi connectivity index (χ1n) is 7.53. The second-order valence-electron chi connectivity index (χ2n) is 5.18. The monoisotopic (exact) mass is 284 g/mol. The van der Waals surface area contributed by atoms with Gasteiger partial charge >= 0.3 is 0 Å². The van der Waals surface area contributed by atoms with Crippen molar-refractivity contribution in [2.45, 2.75) is 26.2 Å². The van der Waals surface area contributed by atoms with Crippen molar-refractivity contribution in [1.82, 2.24) is 9.97 Å². The summed E-state index contributed by atoms with van der Waals surface area (Å²) in [6.07, 6.45) is 2.98. The molecule has 21 heavy (non-hydrogen) atoms. The molecule has 2 rings (SSSR count). The Hall–Kier alpha value is -2.10. The van der Waals surface area contributed by atoms with Gasteiger partial charge in [-0.2, -0.15) is 0 Å². The minimum atomic E-state index is 0.884. The van der Waals surface area contributed by atoms with Crippen molar-refractivity contribution in [3.8, 4) is 0 Å². The molecule has 4 heteroatoms. The van der Waals surface area contributed by atoms with Crippen LogP contribution in [0.2, 0.25) is 0 Å². The third-order valence-corrected chi connectivity index (χ3v) is 3.46. The van der Waals surface area contributed by atoms with Crippen LogP contribution in [0.3, 0.4) is 0 Å². The van der Waals surface area contributed by atoms with E-state index in [0.29, 0.717) is 0 Å². The lowest BCUT2D eigenvalue weighted by Gasteiger charge is -2.19. The van der Waals surface area contributed by atoms with Gasteiger partial charge in [0.15, 0.2) is 0 Å². The summed E-state index contributed by atoms with van der Waals surface area (Å²) in [4.78, 5) is 11.3. The number of nitrogens with one attached hydrogen (secondary N) is 1. The summed E-state index contributed by atoms with van der Waals surface area (Å²) < 4.78 is 0. The molecule has 1 aromatic carbocycles. The topological polar surface area (TPSA) is 41.1 Å². The van der Waals surface area contributed by atoms with Gasteiger partial charge in [0.25, 0.3) is 0 Å². The van der Waals surface area contributed by atoms with Gasteiger partial charge in [0, 0.05) is 33.1 Å². The zero-order valence-corrected chi connectivity index (χ0v) is 13.1. The van der Waals surface area contributed by atoms with Crippen molar-refractivity contribution < 1.29 is 0 Å². The molecule has 0 aliphatic carbocycles. The maximum absolute atomic E-state index is 4.66. The lowest BCUT2D eigenvalue weighted by atomic mass is 10.1. The molecule has 0 atom stereocenters. The van der Waals surface area contributed by atoms with E-state index in [-0.39, 0.29) is 0 Å². The maximum Gasteiger partial charge on any atom is 0.134 e. The number of hydrogen-bond donors (Lipinski definition) is 1. The van der Waals surface area contributed by atoms with Crippen molar-refractivity contribution in [3.63, 3.8) is 0 Å². The highest BCUT2D eigenvalue weighted by molar-refractivity contribution is 5.48. The van der Waals surface area contributed by atoms with E-state index in [9.17, 15) is 0 Å². The zero-order chi connectivity index (χ0) is 15.1. The van der Waals surface area contributed by atoms with Gasteiger partial charge in [-0.15, -0.1) is 0 Å². The fraction of sp³-hybridized carbons (Fsp3) is 0.412. The fourth-order valence-electron chi connectivity index (χ4n) is 2.20. The maximum atomic E-state index is 4.66. The van der Waals surface area contributed by atoms with Crippen LogP contribution < -0.4 is 10.2 Å². The van der Waals surface area contributed by atoms with E-state index < -0.39 is 0 Å². The van der Waals surface area contributed by atoms with E-state index >= 15 is 0 Å². The van der Waals surface area contributed by atoms with E-state index in [2.05, 4.69) is 58.4 Å². The molecule has 0 radical (unpaired) electrons. The van der Waals surface area contributed by atoms with Gasteiger partial charge in [0.1, 0.15) is 17.5 Å². The molecule has 0 aliphatic heterocycles. The second kappa shape index (κ2) is 7.62. The smallest absolute Gasteiger partial charge is 0.134 e. The lowest BCUT2D eigenvalue weighted by molar-refractivity contribution is 0.806.